The fraction of sp³-hybridized carbons (Fsp3) is 0.261. The molecule has 0 fully saturated rings. The van der Waals surface area contributed by atoms with Gasteiger partial charge >= 0.3 is 5.97 Å². The van der Waals surface area contributed by atoms with Crippen molar-refractivity contribution in [3.05, 3.63) is 71.6 Å². The van der Waals surface area contributed by atoms with Crippen molar-refractivity contribution in [3.63, 3.8) is 0 Å². The van der Waals surface area contributed by atoms with E-state index in [1.54, 1.807) is 31.2 Å². The predicted octanol–water partition coefficient (Wildman–Crippen LogP) is 3.59. The molecule has 9 heteroatoms. The van der Waals surface area contributed by atoms with Crippen molar-refractivity contribution in [2.24, 2.45) is 10.4 Å². The van der Waals surface area contributed by atoms with Crippen molar-refractivity contribution in [1.29, 1.82) is 0 Å². The maximum atomic E-state index is 12.5. The molecule has 9 nitrogen and oxygen atoms in total. The van der Waals surface area contributed by atoms with E-state index < -0.39 is 11.9 Å². The van der Waals surface area contributed by atoms with E-state index in [2.05, 4.69) is 58.3 Å². The number of hydrogen-bond acceptors (Lipinski definition) is 7. The Labute approximate surface area is 186 Å². The van der Waals surface area contributed by atoms with E-state index in [1.807, 2.05) is 6.08 Å². The molecule has 0 unspecified atom stereocenters. The molecule has 4 N–H and O–H groups in total. The summed E-state index contributed by atoms with van der Waals surface area (Å²) in [6.07, 6.45) is 3.38. The molecule has 166 valence electrons. The Kier molecular flexibility index (Phi) is 6.38. The zero-order valence-electron chi connectivity index (χ0n) is 18.5. The molecule has 3 rings (SSSR count). The molecular weight excluding hydrogens is 408 g/mol. The number of nitrogens with zero attached hydrogens (tertiary/aromatic N) is 3. The second-order valence-corrected chi connectivity index (χ2v) is 8.39. The highest BCUT2D eigenvalue weighted by molar-refractivity contribution is 6.08. The number of carbonyl (C=O) groups is 2. The molecular formula is C23H26N6O3. The maximum absolute atomic E-state index is 12.5. The number of carboxylic acids is 1. The summed E-state index contributed by atoms with van der Waals surface area (Å²) in [5.74, 6) is -0.645. The molecule has 0 bridgehead atoms. The molecule has 0 radical (unpaired) electrons. The van der Waals surface area contributed by atoms with Crippen LogP contribution >= 0.6 is 0 Å². The van der Waals surface area contributed by atoms with Crippen molar-refractivity contribution in [3.8, 4) is 0 Å². The first-order valence-corrected chi connectivity index (χ1v) is 10.00. The van der Waals surface area contributed by atoms with Crippen LogP contribution in [0.1, 0.15) is 47.4 Å². The molecule has 2 heterocycles. The van der Waals surface area contributed by atoms with Crippen LogP contribution in [0, 0.1) is 12.3 Å². The van der Waals surface area contributed by atoms with Gasteiger partial charge in [-0.05, 0) is 48.3 Å². The van der Waals surface area contributed by atoms with Crippen molar-refractivity contribution in [2.75, 3.05) is 17.2 Å². The lowest BCUT2D eigenvalue weighted by atomic mass is 9.87. The third-order valence-electron chi connectivity index (χ3n) is 4.72. The second kappa shape index (κ2) is 9.01. The van der Waals surface area contributed by atoms with Crippen molar-refractivity contribution in [1.82, 2.24) is 15.3 Å². The summed E-state index contributed by atoms with van der Waals surface area (Å²) in [5.41, 5.74) is 2.33. The number of carbonyl (C=O) groups excluding carboxylic acids is 1. The summed E-state index contributed by atoms with van der Waals surface area (Å²) in [6.45, 7) is 12.7. The Morgan fingerprint density at radius 1 is 1.03 bits per heavy atom. The van der Waals surface area contributed by atoms with Gasteiger partial charge in [0, 0.05) is 17.6 Å². The minimum Gasteiger partial charge on any atom is -0.476 e. The normalized spacial score (nSPS) is 13.1. The minimum atomic E-state index is -1.31. The zero-order chi connectivity index (χ0) is 23.5. The molecule has 0 saturated carbocycles. The number of hydrogen-bond donors (Lipinski definition) is 4. The number of benzene rings is 1. The number of nitrogens with one attached hydrogen (secondary N) is 3. The standard InChI is InChI=1S/C23H26N6O3/c1-13-11-25-19(20(26-13)22(31)32)21(30)29-17-8-6-16(7-9-17)27-14(2)28-18-10-15(12-24-18)23(3,4)5/h6-11,27H,2,12H2,1,3-5H3,(H,24,28)(H,29,30)(H,31,32). The van der Waals surface area contributed by atoms with Gasteiger partial charge in [-0.25, -0.2) is 14.8 Å². The van der Waals surface area contributed by atoms with Crippen LogP contribution < -0.4 is 16.0 Å². The average Bonchev–Trinajstić information content (AvgIpc) is 3.18. The summed E-state index contributed by atoms with van der Waals surface area (Å²) >= 11 is 0. The molecule has 0 atom stereocenters. The van der Waals surface area contributed by atoms with Gasteiger partial charge in [-0.2, -0.15) is 0 Å². The van der Waals surface area contributed by atoms with Crippen LogP contribution in [0.4, 0.5) is 11.4 Å². The topological polar surface area (TPSA) is 129 Å². The van der Waals surface area contributed by atoms with Gasteiger partial charge in [0.2, 0.25) is 0 Å². The molecule has 1 amide bonds. The van der Waals surface area contributed by atoms with Crippen LogP contribution in [0.5, 0.6) is 0 Å². The van der Waals surface area contributed by atoms with E-state index in [9.17, 15) is 14.7 Å². The first kappa shape index (κ1) is 22.7. The van der Waals surface area contributed by atoms with Crippen LogP contribution in [-0.2, 0) is 0 Å². The van der Waals surface area contributed by atoms with E-state index in [0.717, 1.165) is 11.5 Å². The first-order valence-electron chi connectivity index (χ1n) is 10.00. The SMILES string of the molecule is C=C(NC1=NCC(C(C)(C)C)=C1)Nc1ccc(NC(=O)c2ncc(C)nc2C(=O)O)cc1. The summed E-state index contributed by atoms with van der Waals surface area (Å²) in [4.78, 5) is 36.1. The van der Waals surface area contributed by atoms with Gasteiger partial charge in [0.05, 0.1) is 12.2 Å². The Bertz CT molecular complexity index is 1130. The van der Waals surface area contributed by atoms with Crippen LogP contribution in [0.25, 0.3) is 0 Å². The van der Waals surface area contributed by atoms with Crippen molar-refractivity contribution < 1.29 is 14.7 Å². The zero-order valence-corrected chi connectivity index (χ0v) is 18.5. The van der Waals surface area contributed by atoms with Gasteiger partial charge in [0.25, 0.3) is 5.91 Å². The lowest BCUT2D eigenvalue weighted by Gasteiger charge is -2.18. The van der Waals surface area contributed by atoms with E-state index in [4.69, 9.17) is 0 Å². The number of rotatable bonds is 6. The van der Waals surface area contributed by atoms with Gasteiger partial charge in [-0.3, -0.25) is 9.79 Å². The van der Waals surface area contributed by atoms with Crippen molar-refractivity contribution >= 4 is 29.1 Å². The number of aliphatic imine (C=N–C) groups is 1. The minimum absolute atomic E-state index is 0.0668. The van der Waals surface area contributed by atoms with E-state index in [0.29, 0.717) is 23.7 Å². The fourth-order valence-electron chi connectivity index (χ4n) is 2.94. The molecule has 1 aliphatic rings. The molecule has 1 aromatic heterocycles. The smallest absolute Gasteiger partial charge is 0.356 e. The van der Waals surface area contributed by atoms with Crippen LogP contribution in [-0.4, -0.2) is 39.3 Å². The van der Waals surface area contributed by atoms with E-state index in [-0.39, 0.29) is 16.8 Å². The number of amidine groups is 1. The number of anilines is 2. The van der Waals surface area contributed by atoms with Gasteiger partial charge in [-0.1, -0.05) is 27.4 Å². The molecule has 0 aliphatic carbocycles. The highest BCUT2D eigenvalue weighted by Gasteiger charge is 2.22. The van der Waals surface area contributed by atoms with Gasteiger partial charge < -0.3 is 21.1 Å². The number of aryl methyl sites for hydroxylation is 1. The van der Waals surface area contributed by atoms with Crippen LogP contribution in [0.3, 0.4) is 0 Å². The summed E-state index contributed by atoms with van der Waals surface area (Å²) in [6, 6.07) is 6.88. The van der Waals surface area contributed by atoms with Crippen LogP contribution in [0.2, 0.25) is 0 Å². The van der Waals surface area contributed by atoms with Crippen molar-refractivity contribution in [2.45, 2.75) is 27.7 Å². The Morgan fingerprint density at radius 2 is 1.66 bits per heavy atom. The van der Waals surface area contributed by atoms with Crippen LogP contribution in [0.15, 0.2) is 59.5 Å². The number of aromatic nitrogens is 2. The quantitative estimate of drug-likeness (QED) is 0.547. The van der Waals surface area contributed by atoms with Gasteiger partial charge in [0.1, 0.15) is 11.7 Å². The number of carboxylic acid groups (broad SMARTS) is 1. The summed E-state index contributed by atoms with van der Waals surface area (Å²) in [7, 11) is 0. The third-order valence-corrected chi connectivity index (χ3v) is 4.72. The molecule has 0 spiro atoms. The Balaban J connectivity index is 1.60. The maximum Gasteiger partial charge on any atom is 0.356 e. The second-order valence-electron chi connectivity index (χ2n) is 8.39. The largest absolute Gasteiger partial charge is 0.476 e. The molecule has 1 aromatic carbocycles. The predicted molar refractivity (Wildman–Crippen MR) is 124 cm³/mol. The summed E-state index contributed by atoms with van der Waals surface area (Å²) < 4.78 is 0. The van der Waals surface area contributed by atoms with E-state index in [1.165, 1.54) is 11.8 Å². The Morgan fingerprint density at radius 3 is 2.22 bits per heavy atom. The molecule has 2 aromatic rings. The monoisotopic (exact) mass is 434 g/mol. The summed E-state index contributed by atoms with van der Waals surface area (Å²) in [5, 5.41) is 18.2. The Hall–Kier alpha value is -4.01. The molecule has 32 heavy (non-hydrogen) atoms. The highest BCUT2D eigenvalue weighted by Crippen LogP contribution is 2.27. The number of amides is 1. The van der Waals surface area contributed by atoms with Gasteiger partial charge in [0.15, 0.2) is 11.4 Å². The third kappa shape index (κ3) is 5.57. The lowest BCUT2D eigenvalue weighted by Crippen LogP contribution is -2.24. The molecule has 0 saturated heterocycles. The van der Waals surface area contributed by atoms with Gasteiger partial charge in [-0.15, -0.1) is 0 Å². The fourth-order valence-corrected chi connectivity index (χ4v) is 2.94. The lowest BCUT2D eigenvalue weighted by molar-refractivity contribution is 0.0684. The molecule has 1 aliphatic heterocycles. The van der Waals surface area contributed by atoms with E-state index >= 15 is 0 Å². The first-order chi connectivity index (χ1) is 15.0. The average molecular weight is 435 g/mol. The highest BCUT2D eigenvalue weighted by atomic mass is 16.4. The number of aromatic carboxylic acids is 1.